The molecule has 2 atom stereocenters. The number of hydrogen-bond acceptors (Lipinski definition) is 6. The van der Waals surface area contributed by atoms with E-state index in [1.165, 1.54) is 11.3 Å². The summed E-state index contributed by atoms with van der Waals surface area (Å²) in [7, 11) is 0. The van der Waals surface area contributed by atoms with Crippen molar-refractivity contribution in [2.45, 2.75) is 76.9 Å². The van der Waals surface area contributed by atoms with Crippen molar-refractivity contribution in [2.75, 3.05) is 19.6 Å². The minimum absolute atomic E-state index is 0.0567. The summed E-state index contributed by atoms with van der Waals surface area (Å²) in [6.45, 7) is 7.45. The van der Waals surface area contributed by atoms with Gasteiger partial charge in [0.2, 0.25) is 0 Å². The monoisotopic (exact) mass is 447 g/mol. The molecule has 0 spiro atoms. The quantitative estimate of drug-likeness (QED) is 0.736. The summed E-state index contributed by atoms with van der Waals surface area (Å²) < 4.78 is 5.47. The molecule has 2 saturated heterocycles. The lowest BCUT2D eigenvalue weighted by Crippen LogP contribution is -2.45. The Morgan fingerprint density at radius 2 is 1.90 bits per heavy atom. The van der Waals surface area contributed by atoms with Crippen LogP contribution in [0.1, 0.15) is 80.7 Å². The number of carbonyl (C=O) groups excluding carboxylic acids is 2. The fraction of sp³-hybridized carbons (Fsp3) is 0.696. The number of hydrogen-bond donors (Lipinski definition) is 1. The second kappa shape index (κ2) is 8.90. The van der Waals surface area contributed by atoms with E-state index in [1.54, 1.807) is 4.90 Å². The zero-order valence-corrected chi connectivity index (χ0v) is 19.5. The molecule has 170 valence electrons. The molecule has 4 rings (SSSR count). The predicted octanol–water partition coefficient (Wildman–Crippen LogP) is 4.15. The SMILES string of the molecule is CC(C)(C)OC(=O)N1CCC(c2nc(C(=O)N3CCC(O)C4CCCC=C43)cs2)CC1. The smallest absolute Gasteiger partial charge is 0.410 e. The molecule has 0 radical (unpaired) electrons. The Balaban J connectivity index is 1.38. The summed E-state index contributed by atoms with van der Waals surface area (Å²) in [5.41, 5.74) is 0.988. The van der Waals surface area contributed by atoms with Gasteiger partial charge in [-0.15, -0.1) is 11.3 Å². The molecule has 2 aliphatic heterocycles. The Hall–Kier alpha value is -1.93. The molecule has 0 aromatic carbocycles. The van der Waals surface area contributed by atoms with Crippen molar-refractivity contribution in [3.8, 4) is 0 Å². The molecule has 2 fully saturated rings. The second-order valence-electron chi connectivity index (χ2n) is 9.79. The molecule has 8 heteroatoms. The Labute approximate surface area is 188 Å². The lowest BCUT2D eigenvalue weighted by Gasteiger charge is -2.40. The van der Waals surface area contributed by atoms with Crippen LogP contribution in [0.4, 0.5) is 4.79 Å². The highest BCUT2D eigenvalue weighted by Crippen LogP contribution is 2.37. The van der Waals surface area contributed by atoms with Crippen molar-refractivity contribution < 1.29 is 19.4 Å². The number of likely N-dealkylation sites (tertiary alicyclic amines) is 2. The van der Waals surface area contributed by atoms with E-state index in [4.69, 9.17) is 9.72 Å². The highest BCUT2D eigenvalue weighted by molar-refractivity contribution is 7.09. The van der Waals surface area contributed by atoms with E-state index in [0.29, 0.717) is 31.7 Å². The van der Waals surface area contributed by atoms with E-state index in [-0.39, 0.29) is 29.9 Å². The van der Waals surface area contributed by atoms with Crippen LogP contribution >= 0.6 is 11.3 Å². The first-order chi connectivity index (χ1) is 14.7. The average Bonchev–Trinajstić information content (AvgIpc) is 3.23. The van der Waals surface area contributed by atoms with Crippen molar-refractivity contribution in [2.24, 2.45) is 5.92 Å². The molecular formula is C23H33N3O4S. The van der Waals surface area contributed by atoms with Gasteiger partial charge in [0.1, 0.15) is 11.3 Å². The Kier molecular flexibility index (Phi) is 6.40. The van der Waals surface area contributed by atoms with Gasteiger partial charge in [-0.05, 0) is 59.3 Å². The van der Waals surface area contributed by atoms with Crippen molar-refractivity contribution in [1.29, 1.82) is 0 Å². The van der Waals surface area contributed by atoms with Gasteiger partial charge in [0.25, 0.3) is 5.91 Å². The van der Waals surface area contributed by atoms with Gasteiger partial charge < -0.3 is 19.6 Å². The van der Waals surface area contributed by atoms with E-state index in [0.717, 1.165) is 42.8 Å². The van der Waals surface area contributed by atoms with Crippen molar-refractivity contribution in [1.82, 2.24) is 14.8 Å². The maximum atomic E-state index is 13.2. The molecule has 7 nitrogen and oxygen atoms in total. The highest BCUT2D eigenvalue weighted by Gasteiger charge is 2.37. The molecule has 1 N–H and O–H groups in total. The lowest BCUT2D eigenvalue weighted by atomic mass is 9.82. The third kappa shape index (κ3) is 4.95. The molecular weight excluding hydrogens is 414 g/mol. The van der Waals surface area contributed by atoms with Crippen LogP contribution in [0, 0.1) is 5.92 Å². The molecule has 2 amide bonds. The number of thiazole rings is 1. The summed E-state index contributed by atoms with van der Waals surface area (Å²) >= 11 is 1.54. The van der Waals surface area contributed by atoms with E-state index in [9.17, 15) is 14.7 Å². The van der Waals surface area contributed by atoms with Crippen LogP contribution in [0.15, 0.2) is 17.2 Å². The van der Waals surface area contributed by atoms with Gasteiger partial charge in [0.05, 0.1) is 11.1 Å². The van der Waals surface area contributed by atoms with Crippen molar-refractivity contribution in [3.63, 3.8) is 0 Å². The van der Waals surface area contributed by atoms with Crippen LogP contribution in [0.5, 0.6) is 0 Å². The van der Waals surface area contributed by atoms with Crippen LogP contribution in [0.2, 0.25) is 0 Å². The molecule has 31 heavy (non-hydrogen) atoms. The highest BCUT2D eigenvalue weighted by atomic mass is 32.1. The topological polar surface area (TPSA) is 83.0 Å². The van der Waals surface area contributed by atoms with Gasteiger partial charge in [0, 0.05) is 42.5 Å². The largest absolute Gasteiger partial charge is 0.444 e. The van der Waals surface area contributed by atoms with Crippen LogP contribution in [-0.2, 0) is 4.74 Å². The lowest BCUT2D eigenvalue weighted by molar-refractivity contribution is 0.0204. The fourth-order valence-electron chi connectivity index (χ4n) is 4.74. The standard InChI is InChI=1S/C23H33N3O4S/c1-23(2,3)30-22(29)25-11-8-15(9-12-25)20-24-17(14-31-20)21(28)26-13-10-19(27)16-6-4-5-7-18(16)26/h7,14-16,19,27H,4-6,8-13H2,1-3H3. The van der Waals surface area contributed by atoms with Crippen LogP contribution in [0.3, 0.4) is 0 Å². The van der Waals surface area contributed by atoms with Crippen LogP contribution in [-0.4, -0.2) is 63.2 Å². The molecule has 2 unspecified atom stereocenters. The average molecular weight is 448 g/mol. The molecule has 1 aromatic heterocycles. The first-order valence-corrected chi connectivity index (χ1v) is 12.2. The summed E-state index contributed by atoms with van der Waals surface area (Å²) in [4.78, 5) is 33.8. The minimum atomic E-state index is -0.490. The Morgan fingerprint density at radius 3 is 2.61 bits per heavy atom. The van der Waals surface area contributed by atoms with E-state index >= 15 is 0 Å². The van der Waals surface area contributed by atoms with Crippen molar-refractivity contribution in [3.05, 3.63) is 27.9 Å². The Morgan fingerprint density at radius 1 is 1.16 bits per heavy atom. The summed E-state index contributed by atoms with van der Waals surface area (Å²) in [6.07, 6.45) is 6.74. The van der Waals surface area contributed by atoms with E-state index in [2.05, 4.69) is 6.08 Å². The first kappa shape index (κ1) is 22.3. The number of aliphatic hydroxyl groups excluding tert-OH is 1. The van der Waals surface area contributed by atoms with Gasteiger partial charge in [-0.1, -0.05) is 6.08 Å². The maximum Gasteiger partial charge on any atom is 0.410 e. The number of ether oxygens (including phenoxy) is 1. The fourth-order valence-corrected chi connectivity index (χ4v) is 5.71. The Bertz CT molecular complexity index is 851. The number of allylic oxidation sites excluding steroid dienone is 1. The summed E-state index contributed by atoms with van der Waals surface area (Å²) in [5.74, 6) is 0.274. The van der Waals surface area contributed by atoms with Crippen molar-refractivity contribution >= 4 is 23.3 Å². The number of piperidine rings is 2. The van der Waals surface area contributed by atoms with Crippen LogP contribution in [0.25, 0.3) is 0 Å². The number of nitrogens with zero attached hydrogens (tertiary/aromatic N) is 3. The van der Waals surface area contributed by atoms with Gasteiger partial charge in [-0.3, -0.25) is 4.79 Å². The number of amides is 2. The molecule has 1 aliphatic carbocycles. The van der Waals surface area contributed by atoms with Crippen LogP contribution < -0.4 is 0 Å². The number of aliphatic hydroxyl groups is 1. The normalized spacial score (nSPS) is 25.1. The number of aromatic nitrogens is 1. The third-order valence-corrected chi connectivity index (χ3v) is 7.37. The van der Waals surface area contributed by atoms with Gasteiger partial charge in [0.15, 0.2) is 0 Å². The second-order valence-corrected chi connectivity index (χ2v) is 10.7. The third-order valence-electron chi connectivity index (χ3n) is 6.36. The molecule has 0 saturated carbocycles. The minimum Gasteiger partial charge on any atom is -0.444 e. The molecule has 1 aromatic rings. The molecule has 3 aliphatic rings. The van der Waals surface area contributed by atoms with Gasteiger partial charge >= 0.3 is 6.09 Å². The molecule has 0 bridgehead atoms. The first-order valence-electron chi connectivity index (χ1n) is 11.4. The predicted molar refractivity (Wildman–Crippen MR) is 119 cm³/mol. The number of carbonyl (C=O) groups is 2. The zero-order valence-electron chi connectivity index (χ0n) is 18.7. The maximum absolute atomic E-state index is 13.2. The number of rotatable bonds is 2. The zero-order chi connectivity index (χ0) is 22.2. The summed E-state index contributed by atoms with van der Waals surface area (Å²) in [5, 5.41) is 13.2. The van der Waals surface area contributed by atoms with E-state index < -0.39 is 5.60 Å². The number of fused-ring (bicyclic) bond motifs is 1. The molecule has 3 heterocycles. The summed E-state index contributed by atoms with van der Waals surface area (Å²) in [6, 6.07) is 0. The van der Waals surface area contributed by atoms with Gasteiger partial charge in [-0.25, -0.2) is 9.78 Å². The van der Waals surface area contributed by atoms with E-state index in [1.807, 2.05) is 31.1 Å². The van der Waals surface area contributed by atoms with Gasteiger partial charge in [-0.2, -0.15) is 0 Å².